The molecule has 6 nitrogen and oxygen atoms in total. The minimum Gasteiger partial charge on any atom is -0.391 e. The van der Waals surface area contributed by atoms with Crippen LogP contribution in [0, 0.1) is 11.3 Å². The van der Waals surface area contributed by atoms with E-state index in [-0.39, 0.29) is 0 Å². The molecule has 1 aromatic heterocycles. The number of hydrogen-bond donors (Lipinski definition) is 0. The minimum atomic E-state index is -0.425. The van der Waals surface area contributed by atoms with Crippen molar-refractivity contribution in [3.05, 3.63) is 70.9 Å². The van der Waals surface area contributed by atoms with E-state index in [2.05, 4.69) is 18.1 Å². The van der Waals surface area contributed by atoms with E-state index in [4.69, 9.17) is 4.74 Å². The van der Waals surface area contributed by atoms with Crippen molar-refractivity contribution in [1.29, 1.82) is 5.26 Å². The molecule has 0 aliphatic heterocycles. The lowest BCUT2D eigenvalue weighted by Crippen LogP contribution is -2.26. The van der Waals surface area contributed by atoms with Gasteiger partial charge in [0.05, 0.1) is 17.3 Å². The van der Waals surface area contributed by atoms with Crippen molar-refractivity contribution in [3.63, 3.8) is 0 Å². The molecule has 0 aliphatic rings. The maximum Gasteiger partial charge on any atom is 0.416 e. The summed E-state index contributed by atoms with van der Waals surface area (Å²) in [5.74, 6) is 0.482. The zero-order valence-corrected chi connectivity index (χ0v) is 17.8. The molecule has 2 aromatic carbocycles. The number of rotatable bonds is 6. The van der Waals surface area contributed by atoms with Crippen molar-refractivity contribution in [3.8, 4) is 23.1 Å². The highest BCUT2D eigenvalue weighted by Gasteiger charge is 2.21. The number of aryl methyl sites for hydroxylation is 2. The highest BCUT2D eigenvalue weighted by molar-refractivity contribution is 5.71. The molecule has 0 saturated carbocycles. The van der Waals surface area contributed by atoms with Crippen LogP contribution in [0.4, 0.5) is 4.79 Å². The van der Waals surface area contributed by atoms with Gasteiger partial charge in [-0.05, 0) is 29.2 Å². The predicted molar refractivity (Wildman–Crippen MR) is 116 cm³/mol. The summed E-state index contributed by atoms with van der Waals surface area (Å²) >= 11 is 0. The fourth-order valence-electron chi connectivity index (χ4n) is 3.36. The van der Waals surface area contributed by atoms with Crippen LogP contribution in [0.5, 0.6) is 5.88 Å². The Morgan fingerprint density at radius 3 is 2.50 bits per heavy atom. The topological polar surface area (TPSA) is 71.2 Å². The van der Waals surface area contributed by atoms with Gasteiger partial charge in [0.2, 0.25) is 5.88 Å². The first-order chi connectivity index (χ1) is 14.4. The van der Waals surface area contributed by atoms with E-state index in [1.165, 1.54) is 4.90 Å². The third-order valence-electron chi connectivity index (χ3n) is 4.90. The molecule has 154 valence electrons. The first-order valence-corrected chi connectivity index (χ1v) is 9.96. The highest BCUT2D eigenvalue weighted by atomic mass is 16.6. The quantitative estimate of drug-likeness (QED) is 0.606. The number of benzene rings is 2. The van der Waals surface area contributed by atoms with Gasteiger partial charge in [-0.15, -0.1) is 0 Å². The summed E-state index contributed by atoms with van der Waals surface area (Å²) in [7, 11) is 5.11. The van der Waals surface area contributed by atoms with Gasteiger partial charge in [0.25, 0.3) is 0 Å². The molecule has 0 radical (unpaired) electrons. The Hall–Kier alpha value is -3.59. The molecule has 1 heterocycles. The van der Waals surface area contributed by atoms with E-state index >= 15 is 0 Å². The van der Waals surface area contributed by atoms with Crippen LogP contribution >= 0.6 is 0 Å². The Kier molecular flexibility index (Phi) is 6.53. The summed E-state index contributed by atoms with van der Waals surface area (Å²) in [5, 5.41) is 13.9. The third kappa shape index (κ3) is 4.52. The number of hydrogen-bond acceptors (Lipinski definition) is 4. The zero-order chi connectivity index (χ0) is 21.7. The zero-order valence-electron chi connectivity index (χ0n) is 17.8. The number of nitriles is 1. The normalized spacial score (nSPS) is 10.5. The van der Waals surface area contributed by atoms with E-state index in [1.807, 2.05) is 48.5 Å². The lowest BCUT2D eigenvalue weighted by Gasteiger charge is -2.13. The van der Waals surface area contributed by atoms with Crippen LogP contribution in [-0.2, 0) is 19.9 Å². The van der Waals surface area contributed by atoms with Gasteiger partial charge < -0.3 is 9.64 Å². The fourth-order valence-corrected chi connectivity index (χ4v) is 3.36. The van der Waals surface area contributed by atoms with Gasteiger partial charge in [-0.2, -0.15) is 10.4 Å². The van der Waals surface area contributed by atoms with Gasteiger partial charge in [0.1, 0.15) is 0 Å². The second-order valence-electron chi connectivity index (χ2n) is 7.40. The van der Waals surface area contributed by atoms with Gasteiger partial charge in [0.15, 0.2) is 0 Å². The van der Waals surface area contributed by atoms with Crippen molar-refractivity contribution in [2.75, 3.05) is 14.1 Å². The minimum absolute atomic E-state index is 0.425. The van der Waals surface area contributed by atoms with Crippen LogP contribution in [0.25, 0.3) is 11.1 Å². The maximum atomic E-state index is 12.1. The Labute approximate surface area is 177 Å². The Bertz CT molecular complexity index is 1080. The molecule has 1 amide bonds. The molecular weight excluding hydrogens is 376 g/mol. The summed E-state index contributed by atoms with van der Waals surface area (Å²) in [5.41, 5.74) is 5.52. The molecule has 0 bridgehead atoms. The van der Waals surface area contributed by atoms with Crippen molar-refractivity contribution >= 4 is 6.09 Å². The first kappa shape index (κ1) is 21.1. The van der Waals surface area contributed by atoms with E-state index in [9.17, 15) is 10.1 Å². The molecule has 6 heteroatoms. The molecule has 0 N–H and O–H groups in total. The summed E-state index contributed by atoms with van der Waals surface area (Å²) in [4.78, 5) is 13.5. The van der Waals surface area contributed by atoms with E-state index in [0.29, 0.717) is 17.9 Å². The molecule has 0 spiro atoms. The third-order valence-corrected chi connectivity index (χ3v) is 4.90. The summed E-state index contributed by atoms with van der Waals surface area (Å²) in [6.07, 6.45) is 1.95. The Balaban J connectivity index is 1.92. The number of nitrogens with zero attached hydrogens (tertiary/aromatic N) is 4. The van der Waals surface area contributed by atoms with Crippen LogP contribution in [0.2, 0.25) is 0 Å². The number of carbonyl (C=O) groups is 1. The average molecular weight is 402 g/mol. The van der Waals surface area contributed by atoms with Crippen molar-refractivity contribution in [2.24, 2.45) is 7.05 Å². The van der Waals surface area contributed by atoms with Crippen molar-refractivity contribution in [1.82, 2.24) is 14.7 Å². The molecule has 3 rings (SSSR count). The standard InChI is InChI=1S/C24H26N4O2/c1-5-8-22-21(23(28(4)26-22)30-24(29)27(2)3)15-17-11-13-18(14-12-17)20-10-7-6-9-19(20)16-25/h6-7,9-14H,5,8,15H2,1-4H3. The van der Waals surface area contributed by atoms with Crippen LogP contribution in [0.3, 0.4) is 0 Å². The molecule has 30 heavy (non-hydrogen) atoms. The Morgan fingerprint density at radius 1 is 1.17 bits per heavy atom. The summed E-state index contributed by atoms with van der Waals surface area (Å²) in [6.45, 7) is 2.10. The lowest BCUT2D eigenvalue weighted by atomic mass is 9.97. The lowest BCUT2D eigenvalue weighted by molar-refractivity contribution is 0.167. The van der Waals surface area contributed by atoms with E-state index in [1.54, 1.807) is 25.8 Å². The van der Waals surface area contributed by atoms with Crippen molar-refractivity contribution < 1.29 is 9.53 Å². The molecule has 0 fully saturated rings. The van der Waals surface area contributed by atoms with E-state index < -0.39 is 6.09 Å². The van der Waals surface area contributed by atoms with Gasteiger partial charge in [-0.1, -0.05) is 55.8 Å². The smallest absolute Gasteiger partial charge is 0.391 e. The second-order valence-corrected chi connectivity index (χ2v) is 7.40. The molecule has 0 aliphatic carbocycles. The van der Waals surface area contributed by atoms with E-state index in [0.717, 1.165) is 40.8 Å². The second kappa shape index (κ2) is 9.27. The number of amides is 1. The number of carbonyl (C=O) groups excluding carboxylic acids is 1. The SMILES string of the molecule is CCCc1nn(C)c(OC(=O)N(C)C)c1Cc1ccc(-c2ccccc2C#N)cc1. The fraction of sp³-hybridized carbons (Fsp3) is 0.292. The summed E-state index contributed by atoms with van der Waals surface area (Å²) < 4.78 is 7.25. The largest absolute Gasteiger partial charge is 0.416 e. The molecule has 0 saturated heterocycles. The molecule has 3 aromatic rings. The number of ether oxygens (including phenoxy) is 1. The van der Waals surface area contributed by atoms with Crippen LogP contribution < -0.4 is 4.74 Å². The molecular formula is C24H26N4O2. The maximum absolute atomic E-state index is 12.1. The Morgan fingerprint density at radius 2 is 1.87 bits per heavy atom. The average Bonchev–Trinajstić information content (AvgIpc) is 3.03. The number of aromatic nitrogens is 2. The van der Waals surface area contributed by atoms with Crippen LogP contribution in [-0.4, -0.2) is 34.9 Å². The van der Waals surface area contributed by atoms with Crippen molar-refractivity contribution in [2.45, 2.75) is 26.2 Å². The molecule has 0 atom stereocenters. The van der Waals surface area contributed by atoms with Gasteiger partial charge in [-0.3, -0.25) is 0 Å². The van der Waals surface area contributed by atoms with Crippen LogP contribution in [0.15, 0.2) is 48.5 Å². The predicted octanol–water partition coefficient (Wildman–Crippen LogP) is 4.56. The van der Waals surface area contributed by atoms with Crippen LogP contribution in [0.1, 0.15) is 35.7 Å². The molecule has 0 unspecified atom stereocenters. The monoisotopic (exact) mass is 402 g/mol. The highest BCUT2D eigenvalue weighted by Crippen LogP contribution is 2.28. The first-order valence-electron chi connectivity index (χ1n) is 9.96. The van der Waals surface area contributed by atoms with Gasteiger partial charge in [-0.25, -0.2) is 9.48 Å². The summed E-state index contributed by atoms with van der Waals surface area (Å²) in [6, 6.07) is 17.9. The van der Waals surface area contributed by atoms with Gasteiger partial charge >= 0.3 is 6.09 Å². The van der Waals surface area contributed by atoms with Gasteiger partial charge in [0, 0.05) is 33.1 Å².